The van der Waals surface area contributed by atoms with E-state index in [2.05, 4.69) is 106 Å². The van der Waals surface area contributed by atoms with Crippen LogP contribution in [-0.2, 0) is 28.3 Å². The third-order valence-electron chi connectivity index (χ3n) is 14.1. The van der Waals surface area contributed by atoms with Gasteiger partial charge in [0.1, 0.15) is 18.3 Å². The van der Waals surface area contributed by atoms with Crippen LogP contribution in [0.1, 0.15) is 240 Å². The number of aliphatic hydroxyl groups excluding tert-OH is 4. The molecule has 0 radical (unpaired) electrons. The van der Waals surface area contributed by atoms with Gasteiger partial charge in [-0.05, 0) is 95.8 Å². The van der Waals surface area contributed by atoms with E-state index in [0.29, 0.717) is 12.8 Å². The highest BCUT2D eigenvalue weighted by atomic mass is 32.3. The lowest BCUT2D eigenvalue weighted by Crippen LogP contribution is -2.57. The van der Waals surface area contributed by atoms with Crippen LogP contribution < -0.4 is 5.32 Å². The molecule has 0 aromatic heterocycles. The van der Waals surface area contributed by atoms with Gasteiger partial charge in [-0.3, -0.25) is 4.79 Å². The molecule has 0 bridgehead atoms. The fraction of sp³-hybridized carbons (Fsp3) is 0.758. The van der Waals surface area contributed by atoms with Gasteiger partial charge >= 0.3 is 10.4 Å². The molecule has 1 aliphatic rings. The molecular formula is C62H109NO10S. The summed E-state index contributed by atoms with van der Waals surface area (Å²) in [4.78, 5) is 13.0. The Morgan fingerprint density at radius 2 is 0.932 bits per heavy atom. The number of amides is 1. The van der Waals surface area contributed by atoms with E-state index < -0.39 is 59.9 Å². The highest BCUT2D eigenvalue weighted by Gasteiger charge is 2.44. The van der Waals surface area contributed by atoms with E-state index in [4.69, 9.17) is 13.1 Å². The molecule has 9 atom stereocenters. The zero-order chi connectivity index (χ0) is 54.3. The van der Waals surface area contributed by atoms with Gasteiger partial charge in [0.25, 0.3) is 0 Å². The number of rotatable bonds is 48. The normalized spacial score (nSPS) is 20.7. The molecule has 1 amide bonds. The quantitative estimate of drug-likeness (QED) is 0.0292. The van der Waals surface area contributed by atoms with Crippen LogP contribution in [0.3, 0.4) is 0 Å². The Morgan fingerprint density at radius 1 is 0.541 bits per heavy atom. The zero-order valence-electron chi connectivity index (χ0n) is 47.3. The predicted octanol–water partition coefficient (Wildman–Crippen LogP) is 14.6. The molecule has 1 rings (SSSR count). The number of carbonyl (C=O) groups excluding carboxylic acids is 1. The summed E-state index contributed by atoms with van der Waals surface area (Å²) >= 11 is 0. The van der Waals surface area contributed by atoms with Crippen molar-refractivity contribution in [3.8, 4) is 0 Å². The molecule has 1 heterocycles. The third-order valence-corrected chi connectivity index (χ3v) is 15.0. The summed E-state index contributed by atoms with van der Waals surface area (Å²) in [7, 11) is -4.84. The fourth-order valence-electron chi connectivity index (χ4n) is 8.61. The molecule has 1 aliphatic heterocycles. The molecule has 1 fully saturated rings. The van der Waals surface area contributed by atoms with E-state index in [1.54, 1.807) is 0 Å². The minimum Gasteiger partial charge on any atom is -0.388 e. The van der Waals surface area contributed by atoms with Crippen molar-refractivity contribution in [2.45, 2.75) is 283 Å². The molecule has 5 N–H and O–H groups in total. The van der Waals surface area contributed by atoms with Gasteiger partial charge in [0, 0.05) is 6.42 Å². The van der Waals surface area contributed by atoms with Crippen molar-refractivity contribution in [2.24, 2.45) is 11.8 Å². The summed E-state index contributed by atoms with van der Waals surface area (Å²) in [6, 6.07) is -1.12. The molecule has 0 aromatic rings. The number of unbranched alkanes of at least 4 members (excludes halogenated alkanes) is 19. The second-order valence-electron chi connectivity index (χ2n) is 21.0. The largest absolute Gasteiger partial charge is 0.402 e. The van der Waals surface area contributed by atoms with Crippen LogP contribution in [0, 0.1) is 11.8 Å². The van der Waals surface area contributed by atoms with Crippen molar-refractivity contribution in [1.29, 1.82) is 0 Å². The van der Waals surface area contributed by atoms with Crippen molar-refractivity contribution in [1.82, 2.24) is 5.32 Å². The number of aliphatic hydroxyl groups is 4. The summed E-state index contributed by atoms with van der Waals surface area (Å²) in [5.41, 5.74) is 0. The SMILES string of the molecule is CC[C@@H](C)CCCCCCCCCC/C=C/[C@H](O)[C@H](COS(=O)(=O)OC1OC(C)[C@H](O)C(O)[C@H]1O)NC(=O)CCC/C=C\CC/C=C\C/C=C\C/C=C\C/C=C\C/C=C\CCCCCCCCCCC[C@@H](C)CC. The maximum atomic E-state index is 13.0. The predicted molar refractivity (Wildman–Crippen MR) is 308 cm³/mol. The Bertz CT molecular complexity index is 1660. The highest BCUT2D eigenvalue weighted by molar-refractivity contribution is 7.81. The van der Waals surface area contributed by atoms with E-state index in [9.17, 15) is 33.6 Å². The second kappa shape index (κ2) is 47.5. The summed E-state index contributed by atoms with van der Waals surface area (Å²) in [6.45, 7) is 9.98. The van der Waals surface area contributed by atoms with Crippen LogP contribution in [0.15, 0.2) is 85.1 Å². The van der Waals surface area contributed by atoms with Gasteiger partial charge in [-0.25, -0.2) is 8.37 Å². The molecule has 0 aliphatic carbocycles. The van der Waals surface area contributed by atoms with Gasteiger partial charge in [-0.2, -0.15) is 8.42 Å². The number of nitrogens with one attached hydrogen (secondary N) is 1. The second-order valence-corrected chi connectivity index (χ2v) is 22.2. The van der Waals surface area contributed by atoms with Gasteiger partial charge in [-0.1, -0.05) is 235 Å². The van der Waals surface area contributed by atoms with Gasteiger partial charge in [0.2, 0.25) is 12.2 Å². The van der Waals surface area contributed by atoms with Crippen LogP contribution >= 0.6 is 0 Å². The molecule has 0 aromatic carbocycles. The Labute approximate surface area is 452 Å². The maximum absolute atomic E-state index is 13.0. The standard InChI is InChI=1S/C62H109NO10S/c1-6-53(3)48-44-40-36-32-28-26-24-22-20-18-16-14-12-10-8-9-11-13-15-17-19-21-23-25-27-29-35-39-43-47-51-58(65)63-56(52-71-74(69,70)73-62-61(68)60(67)59(66)55(5)72-62)57(64)50-46-42-38-34-31-30-33-37-41-45-49-54(4)7-2/h8,10-11,13-14,16-17,19,23,25,35,39,46,50,53-57,59-62,64,66-68H,6-7,9,12,15,18,20-22,24,26-34,36-38,40-45,47-49,51-52H2,1-5H3,(H,63,65)/b10-8-,13-11-,16-14-,19-17-,25-23-,39-35-,50-46+/t53-,54+,55?,56-,57-,59-,60?,61+,62?/m0/s1. The first kappa shape index (κ1) is 69.3. The molecule has 3 unspecified atom stereocenters. The molecule has 12 heteroatoms. The molecule has 74 heavy (non-hydrogen) atoms. The topological polar surface area (TPSA) is 172 Å². The monoisotopic (exact) mass is 1060 g/mol. The molecular weight excluding hydrogens is 951 g/mol. The van der Waals surface area contributed by atoms with Crippen molar-refractivity contribution in [2.75, 3.05) is 6.61 Å². The van der Waals surface area contributed by atoms with Crippen molar-refractivity contribution in [3.05, 3.63) is 85.1 Å². The highest BCUT2D eigenvalue weighted by Crippen LogP contribution is 2.24. The van der Waals surface area contributed by atoms with Gasteiger partial charge in [-0.15, -0.1) is 0 Å². The summed E-state index contributed by atoms with van der Waals surface area (Å²) in [5.74, 6) is 1.35. The average molecular weight is 1060 g/mol. The summed E-state index contributed by atoms with van der Waals surface area (Å²) in [5, 5.41) is 44.0. The van der Waals surface area contributed by atoms with Gasteiger partial charge in [0.05, 0.1) is 24.9 Å². The van der Waals surface area contributed by atoms with Crippen molar-refractivity contribution < 1.29 is 46.7 Å². The molecule has 0 spiro atoms. The fourth-order valence-corrected chi connectivity index (χ4v) is 9.37. The van der Waals surface area contributed by atoms with E-state index in [1.807, 2.05) is 6.08 Å². The van der Waals surface area contributed by atoms with Crippen molar-refractivity contribution >= 4 is 16.3 Å². The zero-order valence-corrected chi connectivity index (χ0v) is 48.1. The first-order valence-electron chi connectivity index (χ1n) is 29.6. The van der Waals surface area contributed by atoms with E-state index >= 15 is 0 Å². The lowest BCUT2D eigenvalue weighted by atomic mass is 9.99. The summed E-state index contributed by atoms with van der Waals surface area (Å²) in [6.07, 6.45) is 57.1. The number of ether oxygens (including phenoxy) is 1. The van der Waals surface area contributed by atoms with Gasteiger partial charge in [0.15, 0.2) is 0 Å². The van der Waals surface area contributed by atoms with Crippen molar-refractivity contribution in [3.63, 3.8) is 0 Å². The third kappa shape index (κ3) is 39.7. The molecule has 1 saturated heterocycles. The smallest absolute Gasteiger partial charge is 0.388 e. The Morgan fingerprint density at radius 3 is 1.42 bits per heavy atom. The van der Waals surface area contributed by atoms with Crippen LogP contribution in [0.25, 0.3) is 0 Å². The minimum atomic E-state index is -4.84. The van der Waals surface area contributed by atoms with E-state index in [-0.39, 0.29) is 12.3 Å². The Balaban J connectivity index is 2.31. The molecule has 428 valence electrons. The van der Waals surface area contributed by atoms with Crippen LogP contribution in [0.5, 0.6) is 0 Å². The lowest BCUT2D eigenvalue weighted by molar-refractivity contribution is -0.268. The average Bonchev–Trinajstić information content (AvgIpc) is 3.38. The summed E-state index contributed by atoms with van der Waals surface area (Å²) < 4.78 is 40.7. The first-order chi connectivity index (χ1) is 35.8. The van der Waals surface area contributed by atoms with E-state index in [1.165, 1.54) is 135 Å². The Kier molecular flexibility index (Phi) is 44.5. The molecule has 11 nitrogen and oxygen atoms in total. The number of hydrogen-bond acceptors (Lipinski definition) is 10. The molecule has 0 saturated carbocycles. The number of hydrogen-bond donors (Lipinski definition) is 5. The minimum absolute atomic E-state index is 0.160. The van der Waals surface area contributed by atoms with Gasteiger partial charge < -0.3 is 30.5 Å². The van der Waals surface area contributed by atoms with Crippen LogP contribution in [0.2, 0.25) is 0 Å². The number of carbonyl (C=O) groups is 1. The Hall–Kier alpha value is -2.68. The number of allylic oxidation sites excluding steroid dienone is 13. The lowest BCUT2D eigenvalue weighted by Gasteiger charge is -2.38. The van der Waals surface area contributed by atoms with E-state index in [0.717, 1.165) is 76.0 Å². The maximum Gasteiger partial charge on any atom is 0.402 e. The van der Waals surface area contributed by atoms with Crippen LogP contribution in [-0.4, -0.2) is 84.2 Å². The van der Waals surface area contributed by atoms with Crippen LogP contribution in [0.4, 0.5) is 0 Å². The first-order valence-corrected chi connectivity index (χ1v) is 31.0.